The maximum Gasteiger partial charge on any atom is 0.380 e. The minimum atomic E-state index is -1.03. The number of anilines is 1. The molecule has 0 amide bonds. The molecule has 0 aliphatic heterocycles. The van der Waals surface area contributed by atoms with Crippen LogP contribution in [-0.4, -0.2) is 18.5 Å². The Morgan fingerprint density at radius 1 is 1.39 bits per heavy atom. The quantitative estimate of drug-likeness (QED) is 0.154. The van der Waals surface area contributed by atoms with Gasteiger partial charge in [0, 0.05) is 17.3 Å². The number of ketones is 1. The second-order valence-electron chi connectivity index (χ2n) is 3.17. The van der Waals surface area contributed by atoms with E-state index in [0.29, 0.717) is 11.3 Å². The Labute approximate surface area is 118 Å². The van der Waals surface area contributed by atoms with E-state index in [1.54, 1.807) is 47.3 Å². The Morgan fingerprint density at radius 2 is 2.11 bits per heavy atom. The number of carbonyl (C=O) groups excluding carboxylic acids is 2. The lowest BCUT2D eigenvalue weighted by Gasteiger charge is -2.05. The summed E-state index contributed by atoms with van der Waals surface area (Å²) in [6, 6.07) is 6.71. The van der Waals surface area contributed by atoms with Crippen LogP contribution in [0.15, 0.2) is 30.3 Å². The van der Waals surface area contributed by atoms with Gasteiger partial charge in [-0.15, -0.1) is 0 Å². The Balaban J connectivity index is 2.96. The number of carbonyl (C=O) groups is 2. The van der Waals surface area contributed by atoms with Gasteiger partial charge in [0.1, 0.15) is 12.5 Å². The Bertz CT molecular complexity index is 488. The third-order valence-electron chi connectivity index (χ3n) is 1.93. The van der Waals surface area contributed by atoms with Crippen LogP contribution >= 0.6 is 23.0 Å². The predicted octanol–water partition coefficient (Wildman–Crippen LogP) is 1.00. The minimum absolute atomic E-state index is 0.210. The summed E-state index contributed by atoms with van der Waals surface area (Å²) in [5.41, 5.74) is 11.7. The standard InChI is InChI=1S/C11H11IN2O4/c12-18-10(5-9(15)11(16)17-6-13)7-2-1-3-8(14)4-7/h1-5H,6,13-14H2/b10-5-. The van der Waals surface area contributed by atoms with Crippen LogP contribution in [0, 0.1) is 0 Å². The fourth-order valence-electron chi connectivity index (χ4n) is 1.17. The van der Waals surface area contributed by atoms with E-state index in [4.69, 9.17) is 14.5 Å². The lowest BCUT2D eigenvalue weighted by molar-refractivity contribution is -0.151. The lowest BCUT2D eigenvalue weighted by atomic mass is 10.1. The van der Waals surface area contributed by atoms with Crippen molar-refractivity contribution in [2.45, 2.75) is 0 Å². The normalized spacial score (nSPS) is 10.9. The van der Waals surface area contributed by atoms with Crippen molar-refractivity contribution in [3.05, 3.63) is 35.9 Å². The molecule has 18 heavy (non-hydrogen) atoms. The van der Waals surface area contributed by atoms with Gasteiger partial charge in [-0.3, -0.25) is 10.5 Å². The van der Waals surface area contributed by atoms with E-state index in [9.17, 15) is 9.59 Å². The summed E-state index contributed by atoms with van der Waals surface area (Å²) in [5.74, 6) is -1.68. The number of halogens is 1. The molecule has 4 N–H and O–H groups in total. The molecular weight excluding hydrogens is 351 g/mol. The Hall–Kier alpha value is -1.61. The van der Waals surface area contributed by atoms with E-state index in [0.717, 1.165) is 6.08 Å². The molecule has 0 atom stereocenters. The summed E-state index contributed by atoms with van der Waals surface area (Å²) in [7, 11) is 0. The molecule has 0 saturated carbocycles. The SMILES string of the molecule is NCOC(=O)C(=O)/C=C(\OI)c1cccc(N)c1. The highest BCUT2D eigenvalue weighted by atomic mass is 127. The highest BCUT2D eigenvalue weighted by Crippen LogP contribution is 2.20. The fraction of sp³-hybridized carbons (Fsp3) is 0.0909. The summed E-state index contributed by atoms with van der Waals surface area (Å²) in [6.07, 6.45) is 1.03. The predicted molar refractivity (Wildman–Crippen MR) is 74.1 cm³/mol. The van der Waals surface area contributed by atoms with Gasteiger partial charge in [-0.1, -0.05) is 12.1 Å². The molecule has 0 heterocycles. The molecule has 1 rings (SSSR count). The number of hydrogen-bond acceptors (Lipinski definition) is 6. The molecule has 0 aromatic heterocycles. The summed E-state index contributed by atoms with van der Waals surface area (Å²) in [6.45, 7) is -0.350. The molecule has 0 aliphatic rings. The first-order valence-corrected chi connectivity index (χ1v) is 5.74. The second-order valence-corrected chi connectivity index (χ2v) is 3.61. The number of nitrogens with two attached hydrogens (primary N) is 2. The number of hydrogen-bond donors (Lipinski definition) is 2. The van der Waals surface area contributed by atoms with Gasteiger partial charge >= 0.3 is 5.97 Å². The van der Waals surface area contributed by atoms with Crippen LogP contribution in [-0.2, 0) is 17.4 Å². The van der Waals surface area contributed by atoms with Gasteiger partial charge in [-0.05, 0) is 12.1 Å². The van der Waals surface area contributed by atoms with Crippen LogP contribution < -0.4 is 11.5 Å². The van der Waals surface area contributed by atoms with Gasteiger partial charge in [-0.25, -0.2) is 4.79 Å². The van der Waals surface area contributed by atoms with Crippen molar-refractivity contribution in [2.75, 3.05) is 12.5 Å². The highest BCUT2D eigenvalue weighted by molar-refractivity contribution is 14.1. The van der Waals surface area contributed by atoms with E-state index in [1.165, 1.54) is 0 Å². The molecule has 0 fully saturated rings. The van der Waals surface area contributed by atoms with E-state index in [2.05, 4.69) is 4.74 Å². The van der Waals surface area contributed by atoms with Gasteiger partial charge in [-0.2, -0.15) is 0 Å². The van der Waals surface area contributed by atoms with Crippen molar-refractivity contribution in [3.8, 4) is 0 Å². The van der Waals surface area contributed by atoms with Crippen LogP contribution in [0.4, 0.5) is 5.69 Å². The summed E-state index contributed by atoms with van der Waals surface area (Å²) in [5, 5.41) is 0. The average molecular weight is 362 g/mol. The molecule has 1 aromatic carbocycles. The molecule has 7 heteroatoms. The van der Waals surface area contributed by atoms with Crippen molar-refractivity contribution in [1.29, 1.82) is 0 Å². The van der Waals surface area contributed by atoms with Gasteiger partial charge in [0.2, 0.25) is 0 Å². The van der Waals surface area contributed by atoms with Crippen LogP contribution in [0.25, 0.3) is 5.76 Å². The van der Waals surface area contributed by atoms with E-state index < -0.39 is 11.8 Å². The van der Waals surface area contributed by atoms with Crippen LogP contribution in [0.3, 0.4) is 0 Å². The molecule has 0 unspecified atom stereocenters. The number of nitrogen functional groups attached to an aromatic ring is 1. The summed E-state index contributed by atoms with van der Waals surface area (Å²) >= 11 is 1.60. The maximum atomic E-state index is 11.4. The fourth-order valence-corrected chi connectivity index (χ4v) is 1.55. The zero-order chi connectivity index (χ0) is 13.5. The lowest BCUT2D eigenvalue weighted by Crippen LogP contribution is -2.19. The summed E-state index contributed by atoms with van der Waals surface area (Å²) < 4.78 is 9.38. The molecule has 0 bridgehead atoms. The van der Waals surface area contributed by atoms with Gasteiger partial charge < -0.3 is 13.5 Å². The van der Waals surface area contributed by atoms with Gasteiger partial charge in [0.05, 0.1) is 0 Å². The third kappa shape index (κ3) is 4.00. The van der Waals surface area contributed by atoms with Crippen molar-refractivity contribution < 1.29 is 17.4 Å². The van der Waals surface area contributed by atoms with E-state index in [-0.39, 0.29) is 12.5 Å². The molecule has 0 spiro atoms. The van der Waals surface area contributed by atoms with Crippen molar-refractivity contribution in [3.63, 3.8) is 0 Å². The topological polar surface area (TPSA) is 105 Å². The molecule has 0 aliphatic carbocycles. The van der Waals surface area contributed by atoms with Gasteiger partial charge in [0.25, 0.3) is 5.78 Å². The summed E-state index contributed by atoms with van der Waals surface area (Å²) in [4.78, 5) is 22.6. The average Bonchev–Trinajstić information content (AvgIpc) is 2.35. The Kier molecular flexibility index (Phi) is 5.59. The molecular formula is C11H11IN2O4. The number of ether oxygens (including phenoxy) is 1. The van der Waals surface area contributed by atoms with Crippen LogP contribution in [0.5, 0.6) is 0 Å². The molecule has 0 saturated heterocycles. The first-order valence-electron chi connectivity index (χ1n) is 4.86. The van der Waals surface area contributed by atoms with Crippen LogP contribution in [0.1, 0.15) is 5.56 Å². The zero-order valence-electron chi connectivity index (χ0n) is 9.26. The van der Waals surface area contributed by atoms with Gasteiger partial charge in [0.15, 0.2) is 23.0 Å². The molecule has 96 valence electrons. The van der Waals surface area contributed by atoms with Crippen LogP contribution in [0.2, 0.25) is 0 Å². The minimum Gasteiger partial charge on any atom is -0.444 e. The molecule has 1 aromatic rings. The first-order chi connectivity index (χ1) is 8.58. The van der Waals surface area contributed by atoms with Crippen molar-refractivity contribution >= 4 is 46.2 Å². The number of rotatable bonds is 5. The smallest absolute Gasteiger partial charge is 0.380 e. The maximum absolute atomic E-state index is 11.4. The van der Waals surface area contributed by atoms with Crippen molar-refractivity contribution in [1.82, 2.24) is 0 Å². The monoisotopic (exact) mass is 362 g/mol. The highest BCUT2D eigenvalue weighted by Gasteiger charge is 2.15. The van der Waals surface area contributed by atoms with Crippen molar-refractivity contribution in [2.24, 2.45) is 5.73 Å². The van der Waals surface area contributed by atoms with E-state index in [1.807, 2.05) is 0 Å². The Morgan fingerprint density at radius 3 is 2.67 bits per heavy atom. The number of esters is 1. The molecule has 6 nitrogen and oxygen atoms in total. The zero-order valence-corrected chi connectivity index (χ0v) is 11.4. The largest absolute Gasteiger partial charge is 0.444 e. The first kappa shape index (κ1) is 14.5. The second kappa shape index (κ2) is 6.97. The molecule has 0 radical (unpaired) electrons. The van der Waals surface area contributed by atoms with E-state index >= 15 is 0 Å². The number of benzene rings is 1. The third-order valence-corrected chi connectivity index (χ3v) is 2.41.